The van der Waals surface area contributed by atoms with E-state index in [-0.39, 0.29) is 12.1 Å². The topological polar surface area (TPSA) is 76.6 Å². The van der Waals surface area contributed by atoms with Gasteiger partial charge in [-0.15, -0.1) is 10.2 Å². The Morgan fingerprint density at radius 1 is 1.12 bits per heavy atom. The number of methoxy groups -OCH3 is 1. The predicted molar refractivity (Wildman–Crippen MR) is 89.2 cm³/mol. The van der Waals surface area contributed by atoms with Gasteiger partial charge in [-0.1, -0.05) is 25.7 Å². The van der Waals surface area contributed by atoms with E-state index in [1.165, 1.54) is 25.7 Å². The number of amides is 2. The van der Waals surface area contributed by atoms with Crippen molar-refractivity contribution in [1.29, 1.82) is 0 Å². The van der Waals surface area contributed by atoms with Crippen LogP contribution < -0.4 is 14.8 Å². The van der Waals surface area contributed by atoms with Gasteiger partial charge in [-0.25, -0.2) is 4.79 Å². The molecule has 132 valence electrons. The molecule has 1 saturated carbocycles. The second-order valence-corrected chi connectivity index (χ2v) is 6.53. The first kappa shape index (κ1) is 16.8. The first-order valence-electron chi connectivity index (χ1n) is 8.84. The number of nitrogens with zero attached hydrogens (tertiary/aromatic N) is 3. The Balaban J connectivity index is 1.46. The van der Waals surface area contributed by atoms with Gasteiger partial charge in [-0.3, -0.25) is 0 Å². The standard InChI is InChI=1S/C17H26N4O3/c1-23-15-8-9-16(20-19-15)24-14-10-11-21(12-14)17(22)18-13-6-4-2-3-5-7-13/h8-9,13-14H,2-7,10-12H2,1H3,(H,18,22). The third-order valence-electron chi connectivity index (χ3n) is 4.73. The van der Waals surface area contributed by atoms with E-state index in [9.17, 15) is 4.79 Å². The van der Waals surface area contributed by atoms with E-state index in [4.69, 9.17) is 9.47 Å². The molecule has 0 spiro atoms. The van der Waals surface area contributed by atoms with Crippen LogP contribution in [0.1, 0.15) is 44.9 Å². The molecule has 2 heterocycles. The van der Waals surface area contributed by atoms with Crippen LogP contribution in [0.5, 0.6) is 11.8 Å². The maximum Gasteiger partial charge on any atom is 0.317 e. The molecule has 2 fully saturated rings. The van der Waals surface area contributed by atoms with Gasteiger partial charge < -0.3 is 19.7 Å². The summed E-state index contributed by atoms with van der Waals surface area (Å²) in [6, 6.07) is 3.81. The fourth-order valence-corrected chi connectivity index (χ4v) is 3.35. The largest absolute Gasteiger partial charge is 0.480 e. The lowest BCUT2D eigenvalue weighted by Crippen LogP contribution is -2.44. The van der Waals surface area contributed by atoms with Gasteiger partial charge in [0.25, 0.3) is 0 Å². The highest BCUT2D eigenvalue weighted by Gasteiger charge is 2.29. The molecule has 7 heteroatoms. The van der Waals surface area contributed by atoms with Crippen molar-refractivity contribution in [2.75, 3.05) is 20.2 Å². The van der Waals surface area contributed by atoms with Crippen molar-refractivity contribution in [2.24, 2.45) is 0 Å². The number of urea groups is 1. The fourth-order valence-electron chi connectivity index (χ4n) is 3.35. The molecule has 24 heavy (non-hydrogen) atoms. The highest BCUT2D eigenvalue weighted by atomic mass is 16.5. The summed E-state index contributed by atoms with van der Waals surface area (Å²) in [5.74, 6) is 0.921. The fraction of sp³-hybridized carbons (Fsp3) is 0.706. The third-order valence-corrected chi connectivity index (χ3v) is 4.73. The molecule has 2 aliphatic rings. The summed E-state index contributed by atoms with van der Waals surface area (Å²) in [5, 5.41) is 11.0. The maximum atomic E-state index is 12.4. The lowest BCUT2D eigenvalue weighted by molar-refractivity contribution is 0.179. The first-order valence-corrected chi connectivity index (χ1v) is 8.84. The molecule has 1 aromatic rings. The van der Waals surface area contributed by atoms with Crippen LogP contribution in [0.15, 0.2) is 12.1 Å². The van der Waals surface area contributed by atoms with Crippen molar-refractivity contribution in [2.45, 2.75) is 57.1 Å². The molecule has 1 aliphatic heterocycles. The zero-order valence-electron chi connectivity index (χ0n) is 14.2. The zero-order chi connectivity index (χ0) is 16.8. The van der Waals surface area contributed by atoms with Crippen LogP contribution in [0.4, 0.5) is 4.79 Å². The number of likely N-dealkylation sites (tertiary alicyclic amines) is 1. The van der Waals surface area contributed by atoms with Crippen LogP contribution in [0.3, 0.4) is 0 Å². The minimum atomic E-state index is -0.0346. The highest BCUT2D eigenvalue weighted by molar-refractivity contribution is 5.74. The molecule has 1 aromatic heterocycles. The first-order chi connectivity index (χ1) is 11.7. The van der Waals surface area contributed by atoms with Gasteiger partial charge >= 0.3 is 6.03 Å². The number of rotatable bonds is 4. The number of nitrogens with one attached hydrogen (secondary N) is 1. The number of carbonyl (C=O) groups excluding carboxylic acids is 1. The smallest absolute Gasteiger partial charge is 0.317 e. The van der Waals surface area contributed by atoms with E-state index < -0.39 is 0 Å². The van der Waals surface area contributed by atoms with Crippen LogP contribution in [-0.2, 0) is 0 Å². The Bertz CT molecular complexity index is 529. The highest BCUT2D eigenvalue weighted by Crippen LogP contribution is 2.20. The lowest BCUT2D eigenvalue weighted by atomic mass is 10.1. The average Bonchev–Trinajstić information content (AvgIpc) is 2.92. The van der Waals surface area contributed by atoms with Crippen molar-refractivity contribution >= 4 is 6.03 Å². The molecule has 2 amide bonds. The second-order valence-electron chi connectivity index (χ2n) is 6.53. The van der Waals surface area contributed by atoms with Crippen LogP contribution >= 0.6 is 0 Å². The summed E-state index contributed by atoms with van der Waals surface area (Å²) < 4.78 is 10.8. The number of hydrogen-bond donors (Lipinski definition) is 1. The van der Waals surface area contributed by atoms with Gasteiger partial charge in [-0.2, -0.15) is 0 Å². The molecule has 0 aromatic carbocycles. The Labute approximate surface area is 142 Å². The van der Waals surface area contributed by atoms with Crippen molar-refractivity contribution < 1.29 is 14.3 Å². The monoisotopic (exact) mass is 334 g/mol. The van der Waals surface area contributed by atoms with E-state index >= 15 is 0 Å². The molecule has 3 rings (SSSR count). The molecule has 1 unspecified atom stereocenters. The van der Waals surface area contributed by atoms with Gasteiger partial charge in [0.2, 0.25) is 11.8 Å². The van der Waals surface area contributed by atoms with Crippen molar-refractivity contribution in [1.82, 2.24) is 20.4 Å². The summed E-state index contributed by atoms with van der Waals surface area (Å²) in [7, 11) is 1.55. The predicted octanol–water partition coefficient (Wildman–Crippen LogP) is 2.37. The van der Waals surface area contributed by atoms with E-state index in [0.29, 0.717) is 30.9 Å². The lowest BCUT2D eigenvalue weighted by Gasteiger charge is -2.22. The Kier molecular flexibility index (Phi) is 5.72. The van der Waals surface area contributed by atoms with Crippen LogP contribution in [0.2, 0.25) is 0 Å². The normalized spacial score (nSPS) is 22.0. The number of carbonyl (C=O) groups is 1. The summed E-state index contributed by atoms with van der Waals surface area (Å²) in [6.45, 7) is 1.30. The molecule has 7 nitrogen and oxygen atoms in total. The molecule has 0 radical (unpaired) electrons. The quantitative estimate of drug-likeness (QED) is 0.856. The summed E-state index contributed by atoms with van der Waals surface area (Å²) in [6.07, 6.45) is 7.98. The summed E-state index contributed by atoms with van der Waals surface area (Å²) in [5.41, 5.74) is 0. The second kappa shape index (κ2) is 8.17. The number of ether oxygens (including phenoxy) is 2. The van der Waals surface area contributed by atoms with E-state index in [1.54, 1.807) is 19.2 Å². The Morgan fingerprint density at radius 3 is 2.50 bits per heavy atom. The minimum absolute atomic E-state index is 0.0346. The Morgan fingerprint density at radius 2 is 1.83 bits per heavy atom. The van der Waals surface area contributed by atoms with Crippen LogP contribution in [0, 0.1) is 0 Å². The van der Waals surface area contributed by atoms with Gasteiger partial charge in [0, 0.05) is 31.1 Å². The molecule has 0 bridgehead atoms. The average molecular weight is 334 g/mol. The SMILES string of the molecule is COc1ccc(OC2CCN(C(=O)NC3CCCCCC3)C2)nn1. The maximum absolute atomic E-state index is 12.4. The molecule has 1 aliphatic carbocycles. The Hall–Kier alpha value is -2.05. The number of hydrogen-bond acceptors (Lipinski definition) is 5. The van der Waals surface area contributed by atoms with Crippen molar-refractivity contribution in [3.8, 4) is 11.8 Å². The van der Waals surface area contributed by atoms with Gasteiger partial charge in [0.05, 0.1) is 13.7 Å². The minimum Gasteiger partial charge on any atom is -0.480 e. The van der Waals surface area contributed by atoms with Crippen LogP contribution in [-0.4, -0.2) is 53.5 Å². The van der Waals surface area contributed by atoms with Crippen molar-refractivity contribution in [3.05, 3.63) is 12.1 Å². The van der Waals surface area contributed by atoms with Gasteiger partial charge in [0.15, 0.2) is 0 Å². The number of aromatic nitrogens is 2. The third kappa shape index (κ3) is 4.49. The molecule has 1 atom stereocenters. The van der Waals surface area contributed by atoms with E-state index in [1.807, 2.05) is 4.90 Å². The molecular weight excluding hydrogens is 308 g/mol. The summed E-state index contributed by atoms with van der Waals surface area (Å²) >= 11 is 0. The zero-order valence-corrected chi connectivity index (χ0v) is 14.2. The van der Waals surface area contributed by atoms with Gasteiger partial charge in [0.1, 0.15) is 6.10 Å². The van der Waals surface area contributed by atoms with E-state index in [0.717, 1.165) is 19.3 Å². The molecular formula is C17H26N4O3. The summed E-state index contributed by atoms with van der Waals surface area (Å²) in [4.78, 5) is 14.3. The van der Waals surface area contributed by atoms with Crippen molar-refractivity contribution in [3.63, 3.8) is 0 Å². The van der Waals surface area contributed by atoms with Crippen LogP contribution in [0.25, 0.3) is 0 Å². The van der Waals surface area contributed by atoms with Gasteiger partial charge in [-0.05, 0) is 12.8 Å². The molecule has 1 saturated heterocycles. The molecule has 1 N–H and O–H groups in total. The van der Waals surface area contributed by atoms with E-state index in [2.05, 4.69) is 15.5 Å².